The van der Waals surface area contributed by atoms with Crippen molar-refractivity contribution in [3.63, 3.8) is 0 Å². The van der Waals surface area contributed by atoms with E-state index in [1.54, 1.807) is 31.9 Å². The number of thiophene rings is 1. The Hall–Kier alpha value is -2.30. The molecule has 1 fully saturated rings. The van der Waals surface area contributed by atoms with Crippen LogP contribution in [0.3, 0.4) is 0 Å². The predicted molar refractivity (Wildman–Crippen MR) is 110 cm³/mol. The molecule has 0 spiro atoms. The number of amides is 2. The number of nitrogens with one attached hydrogen (secondary N) is 1. The third-order valence-corrected chi connectivity index (χ3v) is 8.15. The molecular weight excluding hydrogens is 412 g/mol. The lowest BCUT2D eigenvalue weighted by Gasteiger charge is -2.30. The van der Waals surface area contributed by atoms with E-state index in [4.69, 9.17) is 0 Å². The maximum absolute atomic E-state index is 12.9. The molecule has 2 aromatic rings. The molecule has 0 unspecified atom stereocenters. The van der Waals surface area contributed by atoms with Gasteiger partial charge in [-0.1, -0.05) is 6.07 Å². The molecule has 156 valence electrons. The van der Waals surface area contributed by atoms with Crippen molar-refractivity contribution in [3.8, 4) is 0 Å². The van der Waals surface area contributed by atoms with Crippen LogP contribution in [0, 0.1) is 5.92 Å². The highest BCUT2D eigenvalue weighted by Crippen LogP contribution is 2.28. The summed E-state index contributed by atoms with van der Waals surface area (Å²) in [5.41, 5.74) is 1.28. The highest BCUT2D eigenvalue weighted by molar-refractivity contribution is 7.91. The van der Waals surface area contributed by atoms with Crippen LogP contribution >= 0.6 is 11.3 Å². The average Bonchev–Trinajstić information content (AvgIpc) is 3.23. The van der Waals surface area contributed by atoms with Gasteiger partial charge in [-0.2, -0.15) is 4.31 Å². The average molecular weight is 437 g/mol. The smallest absolute Gasteiger partial charge is 0.254 e. The molecule has 0 atom stereocenters. The fourth-order valence-corrected chi connectivity index (χ4v) is 5.92. The molecule has 0 saturated carbocycles. The van der Waals surface area contributed by atoms with Crippen LogP contribution < -0.4 is 5.32 Å². The molecule has 1 aliphatic rings. The van der Waals surface area contributed by atoms with E-state index in [9.17, 15) is 18.0 Å². The molecule has 0 bridgehead atoms. The Morgan fingerprint density at radius 1 is 1.31 bits per heavy atom. The minimum absolute atomic E-state index is 0.0686. The number of aromatic nitrogens is 1. The van der Waals surface area contributed by atoms with Gasteiger partial charge in [0.05, 0.1) is 5.56 Å². The van der Waals surface area contributed by atoms with E-state index in [1.165, 1.54) is 15.3 Å². The van der Waals surface area contributed by atoms with E-state index in [2.05, 4.69) is 10.3 Å². The van der Waals surface area contributed by atoms with Crippen LogP contribution in [0.25, 0.3) is 0 Å². The molecule has 1 N–H and O–H groups in total. The van der Waals surface area contributed by atoms with E-state index in [0.717, 1.165) is 16.9 Å². The van der Waals surface area contributed by atoms with Gasteiger partial charge in [0.15, 0.2) is 0 Å². The second-order valence-electron chi connectivity index (χ2n) is 7.11. The minimum atomic E-state index is -3.66. The van der Waals surface area contributed by atoms with Crippen molar-refractivity contribution in [2.75, 3.05) is 27.2 Å². The Balaban J connectivity index is 1.56. The lowest BCUT2D eigenvalue weighted by molar-refractivity contribution is -0.126. The van der Waals surface area contributed by atoms with Gasteiger partial charge < -0.3 is 10.2 Å². The molecule has 29 heavy (non-hydrogen) atoms. The van der Waals surface area contributed by atoms with Gasteiger partial charge in [-0.15, -0.1) is 11.3 Å². The molecule has 0 radical (unpaired) electrons. The van der Waals surface area contributed by atoms with E-state index >= 15 is 0 Å². The van der Waals surface area contributed by atoms with E-state index in [1.807, 2.05) is 12.1 Å². The molecule has 1 saturated heterocycles. The molecule has 3 rings (SSSR count). The SMILES string of the molecule is CN(C)C(=O)c1csc(S(=O)(=O)N2CCC(C(=O)NCc3cccnc3)CC2)c1. The van der Waals surface area contributed by atoms with Crippen molar-refractivity contribution in [3.05, 3.63) is 47.1 Å². The second kappa shape index (κ2) is 9.02. The number of sulfonamides is 1. The quantitative estimate of drug-likeness (QED) is 0.741. The van der Waals surface area contributed by atoms with Gasteiger partial charge in [0.2, 0.25) is 5.91 Å². The number of carbonyl (C=O) groups is 2. The van der Waals surface area contributed by atoms with Gasteiger partial charge in [0.25, 0.3) is 15.9 Å². The number of pyridine rings is 1. The monoisotopic (exact) mass is 436 g/mol. The first-order valence-electron chi connectivity index (χ1n) is 9.26. The maximum Gasteiger partial charge on any atom is 0.254 e. The van der Waals surface area contributed by atoms with Crippen LogP contribution in [-0.4, -0.2) is 61.6 Å². The summed E-state index contributed by atoms with van der Waals surface area (Å²) in [5.74, 6) is -0.514. The van der Waals surface area contributed by atoms with Crippen LogP contribution in [0.5, 0.6) is 0 Å². The highest BCUT2D eigenvalue weighted by Gasteiger charge is 2.33. The summed E-state index contributed by atoms with van der Waals surface area (Å²) in [6, 6.07) is 5.13. The Labute approximate surface area is 174 Å². The summed E-state index contributed by atoms with van der Waals surface area (Å²) in [6.07, 6.45) is 4.31. The Kier molecular flexibility index (Phi) is 6.66. The van der Waals surface area contributed by atoms with Gasteiger partial charge in [0, 0.05) is 57.4 Å². The predicted octanol–water partition coefficient (Wildman–Crippen LogP) is 1.56. The summed E-state index contributed by atoms with van der Waals surface area (Å²) in [7, 11) is -0.417. The largest absolute Gasteiger partial charge is 0.352 e. The van der Waals surface area contributed by atoms with Crippen LogP contribution in [0.2, 0.25) is 0 Å². The summed E-state index contributed by atoms with van der Waals surface area (Å²) in [5, 5.41) is 4.46. The molecule has 2 amide bonds. The van der Waals surface area contributed by atoms with Gasteiger partial charge in [0.1, 0.15) is 4.21 Å². The van der Waals surface area contributed by atoms with Crippen molar-refractivity contribution in [2.45, 2.75) is 23.6 Å². The summed E-state index contributed by atoms with van der Waals surface area (Å²) < 4.78 is 27.3. The first-order chi connectivity index (χ1) is 13.8. The number of carbonyl (C=O) groups excluding carboxylic acids is 2. The van der Waals surface area contributed by atoms with Crippen LogP contribution in [0.15, 0.2) is 40.2 Å². The molecule has 2 aromatic heterocycles. The first-order valence-corrected chi connectivity index (χ1v) is 11.6. The van der Waals surface area contributed by atoms with E-state index in [0.29, 0.717) is 24.9 Å². The van der Waals surface area contributed by atoms with Gasteiger partial charge >= 0.3 is 0 Å². The fraction of sp³-hybridized carbons (Fsp3) is 0.421. The zero-order chi connectivity index (χ0) is 21.0. The Bertz CT molecular complexity index is 965. The van der Waals surface area contributed by atoms with Crippen molar-refractivity contribution < 1.29 is 18.0 Å². The summed E-state index contributed by atoms with van der Waals surface area (Å²) in [6.45, 7) is 0.966. The van der Waals surface area contributed by atoms with Gasteiger partial charge in [-0.25, -0.2) is 8.42 Å². The molecule has 3 heterocycles. The number of hydrogen-bond donors (Lipinski definition) is 1. The summed E-state index contributed by atoms with van der Waals surface area (Å²) in [4.78, 5) is 29.8. The maximum atomic E-state index is 12.9. The van der Waals surface area contributed by atoms with Crippen LogP contribution in [-0.2, 0) is 21.4 Å². The van der Waals surface area contributed by atoms with Crippen molar-refractivity contribution in [2.24, 2.45) is 5.92 Å². The highest BCUT2D eigenvalue weighted by atomic mass is 32.2. The van der Waals surface area contributed by atoms with Gasteiger partial charge in [-0.05, 0) is 30.5 Å². The first kappa shape index (κ1) is 21.4. The van der Waals surface area contributed by atoms with Crippen molar-refractivity contribution in [1.29, 1.82) is 0 Å². The zero-order valence-electron chi connectivity index (χ0n) is 16.4. The lowest BCUT2D eigenvalue weighted by atomic mass is 9.97. The molecular formula is C19H24N4O4S2. The third kappa shape index (κ3) is 5.01. The zero-order valence-corrected chi connectivity index (χ0v) is 18.0. The Morgan fingerprint density at radius 3 is 2.66 bits per heavy atom. The normalized spacial score (nSPS) is 15.8. The number of rotatable bonds is 6. The molecule has 10 heteroatoms. The number of hydrogen-bond acceptors (Lipinski definition) is 6. The summed E-state index contributed by atoms with van der Waals surface area (Å²) >= 11 is 1.05. The van der Waals surface area contributed by atoms with Crippen LogP contribution in [0.4, 0.5) is 0 Å². The van der Waals surface area contributed by atoms with Crippen molar-refractivity contribution in [1.82, 2.24) is 19.5 Å². The molecule has 8 nitrogen and oxygen atoms in total. The van der Waals surface area contributed by atoms with Gasteiger partial charge in [-0.3, -0.25) is 14.6 Å². The molecule has 0 aromatic carbocycles. The number of nitrogens with zero attached hydrogens (tertiary/aromatic N) is 3. The minimum Gasteiger partial charge on any atom is -0.352 e. The molecule has 0 aliphatic carbocycles. The van der Waals surface area contributed by atoms with Crippen LogP contribution in [0.1, 0.15) is 28.8 Å². The fourth-order valence-electron chi connectivity index (χ4n) is 3.14. The van der Waals surface area contributed by atoms with E-state index < -0.39 is 10.0 Å². The van der Waals surface area contributed by atoms with E-state index in [-0.39, 0.29) is 35.0 Å². The topological polar surface area (TPSA) is 99.7 Å². The van der Waals surface area contributed by atoms with Crippen molar-refractivity contribution >= 4 is 33.2 Å². The third-order valence-electron chi connectivity index (χ3n) is 4.84. The standard InChI is InChI=1S/C19H24N4O4S2/c1-22(2)19(25)16-10-17(28-13-16)29(26,27)23-8-5-15(6-9-23)18(24)21-12-14-4-3-7-20-11-14/h3-4,7,10-11,13,15H,5-6,8-9,12H2,1-2H3,(H,21,24). The lowest BCUT2D eigenvalue weighted by Crippen LogP contribution is -2.42. The number of piperidine rings is 1. The molecule has 1 aliphatic heterocycles. The second-order valence-corrected chi connectivity index (χ2v) is 10.2. The Morgan fingerprint density at radius 2 is 2.03 bits per heavy atom.